The third-order valence-corrected chi connectivity index (χ3v) is 2.26. The first-order valence-electron chi connectivity index (χ1n) is 5.54. The van der Waals surface area contributed by atoms with Crippen molar-refractivity contribution < 1.29 is 14.4 Å². The molecule has 2 aromatic rings. The van der Waals surface area contributed by atoms with Gasteiger partial charge >= 0.3 is 5.97 Å². The average Bonchev–Trinajstić information content (AvgIpc) is 2.70. The van der Waals surface area contributed by atoms with Crippen LogP contribution >= 0.6 is 0 Å². The number of fused-ring (bicyclic) bond motifs is 1. The van der Waals surface area contributed by atoms with Gasteiger partial charge in [0.2, 0.25) is 0 Å². The fourth-order valence-corrected chi connectivity index (χ4v) is 1.62. The Labute approximate surface area is 98.9 Å². The molecule has 0 aliphatic carbocycles. The molecular formula is C12H14N2O3. The summed E-state index contributed by atoms with van der Waals surface area (Å²) in [6, 6.07) is 5.41. The molecule has 0 spiro atoms. The number of nitrogens with zero attached hydrogens (tertiary/aromatic N) is 2. The number of carbonyl (C=O) groups is 1. The van der Waals surface area contributed by atoms with Crippen LogP contribution in [0.15, 0.2) is 24.4 Å². The van der Waals surface area contributed by atoms with Gasteiger partial charge in [0, 0.05) is 11.6 Å². The van der Waals surface area contributed by atoms with Gasteiger partial charge in [0.05, 0.1) is 6.61 Å². The van der Waals surface area contributed by atoms with Gasteiger partial charge in [-0.3, -0.25) is 0 Å². The van der Waals surface area contributed by atoms with Gasteiger partial charge in [-0.1, -0.05) is 0 Å². The van der Waals surface area contributed by atoms with Crippen LogP contribution in [0.2, 0.25) is 0 Å². The lowest BCUT2D eigenvalue weighted by molar-refractivity contribution is 0.0457. The number of esters is 1. The Bertz CT molecular complexity index is 534. The first-order valence-corrected chi connectivity index (χ1v) is 5.54. The second-order valence-electron chi connectivity index (χ2n) is 3.38. The van der Waals surface area contributed by atoms with Crippen molar-refractivity contribution in [2.45, 2.75) is 13.8 Å². The summed E-state index contributed by atoms with van der Waals surface area (Å²) in [5, 5.41) is 0.851. The zero-order chi connectivity index (χ0) is 12.3. The van der Waals surface area contributed by atoms with E-state index >= 15 is 0 Å². The molecule has 0 bridgehead atoms. The van der Waals surface area contributed by atoms with Crippen LogP contribution in [-0.4, -0.2) is 28.9 Å². The quantitative estimate of drug-likeness (QED) is 0.755. The fraction of sp³-hybridized carbons (Fsp3) is 0.333. The molecule has 0 saturated carbocycles. The lowest BCUT2D eigenvalue weighted by Gasteiger charge is -2.08. The van der Waals surface area contributed by atoms with E-state index in [0.717, 1.165) is 5.39 Å². The zero-order valence-electron chi connectivity index (χ0n) is 9.84. The molecule has 5 nitrogen and oxygen atoms in total. The minimum Gasteiger partial charge on any atom is -0.461 e. The van der Waals surface area contributed by atoms with Crippen LogP contribution in [0.3, 0.4) is 0 Å². The van der Waals surface area contributed by atoms with Crippen molar-refractivity contribution in [3.8, 4) is 0 Å². The number of hydrogen-bond donors (Lipinski definition) is 0. The topological polar surface area (TPSA) is 53.3 Å². The van der Waals surface area contributed by atoms with Gasteiger partial charge in [-0.15, -0.1) is 0 Å². The van der Waals surface area contributed by atoms with Crippen molar-refractivity contribution in [3.63, 3.8) is 0 Å². The van der Waals surface area contributed by atoms with Gasteiger partial charge in [0.1, 0.15) is 6.61 Å². The fourth-order valence-electron chi connectivity index (χ4n) is 1.62. The number of pyridine rings is 1. The Morgan fingerprint density at radius 1 is 1.41 bits per heavy atom. The molecule has 5 heteroatoms. The molecule has 90 valence electrons. The number of aromatic nitrogens is 2. The maximum atomic E-state index is 11.8. The van der Waals surface area contributed by atoms with Crippen LogP contribution in [0.5, 0.6) is 0 Å². The second-order valence-corrected chi connectivity index (χ2v) is 3.38. The highest BCUT2D eigenvalue weighted by atomic mass is 16.7. The van der Waals surface area contributed by atoms with E-state index in [1.165, 1.54) is 4.73 Å². The van der Waals surface area contributed by atoms with Gasteiger partial charge < -0.3 is 9.57 Å². The Morgan fingerprint density at radius 3 is 2.94 bits per heavy atom. The highest BCUT2D eigenvalue weighted by Gasteiger charge is 2.18. The predicted molar refractivity (Wildman–Crippen MR) is 62.8 cm³/mol. The SMILES string of the molecule is CCOC(=O)c1cc2cccnc2n1OCC. The third-order valence-electron chi connectivity index (χ3n) is 2.26. The monoisotopic (exact) mass is 234 g/mol. The van der Waals surface area contributed by atoms with E-state index in [2.05, 4.69) is 4.98 Å². The average molecular weight is 234 g/mol. The molecule has 0 N–H and O–H groups in total. The Balaban J connectivity index is 2.53. The zero-order valence-corrected chi connectivity index (χ0v) is 9.84. The van der Waals surface area contributed by atoms with Crippen LogP contribution in [-0.2, 0) is 4.74 Å². The van der Waals surface area contributed by atoms with Crippen LogP contribution in [0.25, 0.3) is 11.0 Å². The molecule has 0 atom stereocenters. The lowest BCUT2D eigenvalue weighted by Crippen LogP contribution is -2.18. The van der Waals surface area contributed by atoms with Crippen molar-refractivity contribution >= 4 is 17.0 Å². The molecule has 0 aliphatic rings. The largest absolute Gasteiger partial charge is 0.461 e. The van der Waals surface area contributed by atoms with Crippen LogP contribution < -0.4 is 4.84 Å². The highest BCUT2D eigenvalue weighted by molar-refractivity contribution is 5.94. The van der Waals surface area contributed by atoms with Gasteiger partial charge in [-0.2, -0.15) is 4.73 Å². The van der Waals surface area contributed by atoms with Gasteiger partial charge in [0.25, 0.3) is 0 Å². The van der Waals surface area contributed by atoms with Crippen LogP contribution in [0, 0.1) is 0 Å². The maximum Gasteiger partial charge on any atom is 0.358 e. The molecule has 0 radical (unpaired) electrons. The molecule has 2 rings (SSSR count). The normalized spacial score (nSPS) is 10.5. The summed E-state index contributed by atoms with van der Waals surface area (Å²) in [6.45, 7) is 4.40. The minimum absolute atomic E-state index is 0.333. The van der Waals surface area contributed by atoms with Gasteiger partial charge in [-0.05, 0) is 32.0 Å². The molecule has 0 unspecified atom stereocenters. The van der Waals surface area contributed by atoms with E-state index in [1.807, 2.05) is 19.1 Å². The summed E-state index contributed by atoms with van der Waals surface area (Å²) < 4.78 is 6.40. The smallest absolute Gasteiger partial charge is 0.358 e. The summed E-state index contributed by atoms with van der Waals surface area (Å²) in [5.74, 6) is -0.404. The van der Waals surface area contributed by atoms with Crippen molar-refractivity contribution in [1.29, 1.82) is 0 Å². The predicted octanol–water partition coefficient (Wildman–Crippen LogP) is 1.66. The van der Waals surface area contributed by atoms with Crippen LogP contribution in [0.1, 0.15) is 24.3 Å². The third kappa shape index (κ3) is 2.08. The van der Waals surface area contributed by atoms with E-state index in [9.17, 15) is 4.79 Å². The highest BCUT2D eigenvalue weighted by Crippen LogP contribution is 2.17. The van der Waals surface area contributed by atoms with E-state index < -0.39 is 5.97 Å². The van der Waals surface area contributed by atoms with Crippen molar-refractivity contribution in [2.75, 3.05) is 13.2 Å². The maximum absolute atomic E-state index is 11.8. The molecular weight excluding hydrogens is 220 g/mol. The summed E-state index contributed by atoms with van der Waals surface area (Å²) in [6.07, 6.45) is 1.66. The molecule has 2 aromatic heterocycles. The Kier molecular flexibility index (Phi) is 3.27. The number of rotatable bonds is 4. The van der Waals surface area contributed by atoms with E-state index in [4.69, 9.17) is 9.57 Å². The number of hydrogen-bond acceptors (Lipinski definition) is 4. The molecule has 0 amide bonds. The standard InChI is InChI=1S/C12H14N2O3/c1-3-16-12(15)10-8-9-6-5-7-13-11(9)14(10)17-4-2/h5-8H,3-4H2,1-2H3. The van der Waals surface area contributed by atoms with E-state index in [-0.39, 0.29) is 0 Å². The Morgan fingerprint density at radius 2 is 2.24 bits per heavy atom. The first-order chi connectivity index (χ1) is 8.27. The van der Waals surface area contributed by atoms with Crippen molar-refractivity contribution in [1.82, 2.24) is 9.71 Å². The summed E-state index contributed by atoms with van der Waals surface area (Å²) in [5.41, 5.74) is 0.986. The second kappa shape index (κ2) is 4.86. The first kappa shape index (κ1) is 11.4. The molecule has 2 heterocycles. The van der Waals surface area contributed by atoms with Crippen molar-refractivity contribution in [2.24, 2.45) is 0 Å². The van der Waals surface area contributed by atoms with Gasteiger partial charge in [-0.25, -0.2) is 9.78 Å². The lowest BCUT2D eigenvalue weighted by atomic mass is 10.3. The minimum atomic E-state index is -0.404. The van der Waals surface area contributed by atoms with E-state index in [1.54, 1.807) is 19.2 Å². The van der Waals surface area contributed by atoms with Gasteiger partial charge in [0.15, 0.2) is 11.3 Å². The molecule has 0 fully saturated rings. The molecule has 17 heavy (non-hydrogen) atoms. The Hall–Kier alpha value is -2.04. The van der Waals surface area contributed by atoms with Crippen LogP contribution in [0.4, 0.5) is 0 Å². The van der Waals surface area contributed by atoms with Crippen molar-refractivity contribution in [3.05, 3.63) is 30.1 Å². The number of ether oxygens (including phenoxy) is 1. The molecule has 0 aliphatic heterocycles. The summed E-state index contributed by atoms with van der Waals surface area (Å²) in [7, 11) is 0. The number of carbonyl (C=O) groups excluding carboxylic acids is 1. The molecule has 0 aromatic carbocycles. The summed E-state index contributed by atoms with van der Waals surface area (Å²) >= 11 is 0. The molecule has 0 saturated heterocycles. The summed E-state index contributed by atoms with van der Waals surface area (Å²) in [4.78, 5) is 21.4. The van der Waals surface area contributed by atoms with E-state index in [0.29, 0.717) is 24.6 Å².